The van der Waals surface area contributed by atoms with Gasteiger partial charge in [0.2, 0.25) is 0 Å². The van der Waals surface area contributed by atoms with Crippen LogP contribution < -0.4 is 15.4 Å². The minimum atomic E-state index is -0.329. The zero-order valence-electron chi connectivity index (χ0n) is 14.7. The average Bonchev–Trinajstić information content (AvgIpc) is 3.26. The van der Waals surface area contributed by atoms with Gasteiger partial charge in [-0.05, 0) is 31.2 Å². The third kappa shape index (κ3) is 3.78. The van der Waals surface area contributed by atoms with Gasteiger partial charge in [0.05, 0.1) is 18.0 Å². The first-order valence-corrected chi connectivity index (χ1v) is 9.43. The number of hydrogen-bond acceptors (Lipinski definition) is 4. The summed E-state index contributed by atoms with van der Waals surface area (Å²) in [7, 11) is 0. The highest BCUT2D eigenvalue weighted by Crippen LogP contribution is 2.26. The van der Waals surface area contributed by atoms with Crippen molar-refractivity contribution in [1.82, 2.24) is 9.38 Å². The Morgan fingerprint density at radius 1 is 1.19 bits per heavy atom. The van der Waals surface area contributed by atoms with Gasteiger partial charge >= 0.3 is 6.03 Å². The van der Waals surface area contributed by atoms with E-state index < -0.39 is 0 Å². The molecule has 2 N–H and O–H groups in total. The molecule has 0 aliphatic carbocycles. The van der Waals surface area contributed by atoms with Gasteiger partial charge < -0.3 is 15.4 Å². The molecule has 4 rings (SSSR count). The van der Waals surface area contributed by atoms with Gasteiger partial charge in [0.15, 0.2) is 4.96 Å². The highest BCUT2D eigenvalue weighted by Gasteiger charge is 2.09. The van der Waals surface area contributed by atoms with Crippen LogP contribution in [0, 0.1) is 0 Å². The SMILES string of the molecule is CCOc1ccccc1NC(=O)Nc1cccc(-c2cn3ccsc3n2)c1. The number of ether oxygens (including phenoxy) is 1. The van der Waals surface area contributed by atoms with Gasteiger partial charge in [-0.15, -0.1) is 11.3 Å². The molecule has 0 radical (unpaired) electrons. The quantitative estimate of drug-likeness (QED) is 0.507. The monoisotopic (exact) mass is 378 g/mol. The Morgan fingerprint density at radius 3 is 2.93 bits per heavy atom. The number of rotatable bonds is 5. The van der Waals surface area contributed by atoms with Crippen molar-refractivity contribution in [2.24, 2.45) is 0 Å². The highest BCUT2D eigenvalue weighted by molar-refractivity contribution is 7.15. The van der Waals surface area contributed by atoms with Crippen LogP contribution in [0.5, 0.6) is 5.75 Å². The normalized spacial score (nSPS) is 10.7. The molecule has 0 saturated heterocycles. The van der Waals surface area contributed by atoms with Crippen LogP contribution in [0.4, 0.5) is 16.2 Å². The van der Waals surface area contributed by atoms with E-state index in [1.54, 1.807) is 17.4 Å². The molecule has 0 fully saturated rings. The van der Waals surface area contributed by atoms with Crippen LogP contribution in [0.25, 0.3) is 16.2 Å². The van der Waals surface area contributed by atoms with Crippen molar-refractivity contribution < 1.29 is 9.53 Å². The minimum Gasteiger partial charge on any atom is -0.492 e. The molecule has 0 bridgehead atoms. The van der Waals surface area contributed by atoms with Gasteiger partial charge in [-0.2, -0.15) is 0 Å². The molecule has 0 atom stereocenters. The van der Waals surface area contributed by atoms with E-state index in [4.69, 9.17) is 4.74 Å². The van der Waals surface area contributed by atoms with Gasteiger partial charge in [0.25, 0.3) is 0 Å². The maximum Gasteiger partial charge on any atom is 0.323 e. The lowest BCUT2D eigenvalue weighted by atomic mass is 10.1. The molecular formula is C20H18N4O2S. The van der Waals surface area contributed by atoms with Crippen molar-refractivity contribution >= 4 is 33.7 Å². The standard InChI is InChI=1S/C20H18N4O2S/c1-2-26-18-9-4-3-8-16(18)22-19(25)21-15-7-5-6-14(12-15)17-13-24-10-11-27-20(24)23-17/h3-13H,2H2,1H3,(H2,21,22,25). The summed E-state index contributed by atoms with van der Waals surface area (Å²) in [4.78, 5) is 17.9. The second-order valence-corrected chi connectivity index (χ2v) is 6.68. The summed E-state index contributed by atoms with van der Waals surface area (Å²) in [6, 6.07) is 14.6. The molecule has 136 valence electrons. The van der Waals surface area contributed by atoms with Gasteiger partial charge in [-0.1, -0.05) is 24.3 Å². The maximum absolute atomic E-state index is 12.4. The second-order valence-electron chi connectivity index (χ2n) is 5.81. The van der Waals surface area contributed by atoms with E-state index >= 15 is 0 Å². The number of carbonyl (C=O) groups excluding carboxylic acids is 1. The molecule has 2 aromatic carbocycles. The Labute approximate surface area is 160 Å². The van der Waals surface area contributed by atoms with Gasteiger partial charge in [0, 0.05) is 29.0 Å². The summed E-state index contributed by atoms with van der Waals surface area (Å²) in [5, 5.41) is 7.68. The molecule has 0 aliphatic rings. The fourth-order valence-electron chi connectivity index (χ4n) is 2.76. The molecule has 0 spiro atoms. The molecule has 7 heteroatoms. The number of carbonyl (C=O) groups is 1. The van der Waals surface area contributed by atoms with E-state index in [-0.39, 0.29) is 6.03 Å². The van der Waals surface area contributed by atoms with Crippen LogP contribution in [-0.4, -0.2) is 22.0 Å². The zero-order chi connectivity index (χ0) is 18.6. The van der Waals surface area contributed by atoms with Gasteiger partial charge in [-0.25, -0.2) is 9.78 Å². The number of nitrogens with one attached hydrogen (secondary N) is 2. The summed E-state index contributed by atoms with van der Waals surface area (Å²) in [5.41, 5.74) is 3.13. The number of urea groups is 1. The third-order valence-corrected chi connectivity index (χ3v) is 4.72. The number of amides is 2. The number of thiazole rings is 1. The lowest BCUT2D eigenvalue weighted by Gasteiger charge is -2.12. The number of anilines is 2. The number of benzene rings is 2. The van der Waals surface area contributed by atoms with Crippen LogP contribution in [0.2, 0.25) is 0 Å². The summed E-state index contributed by atoms with van der Waals surface area (Å²) < 4.78 is 7.52. The Balaban J connectivity index is 1.50. The summed E-state index contributed by atoms with van der Waals surface area (Å²) >= 11 is 1.58. The van der Waals surface area contributed by atoms with Crippen molar-refractivity contribution in [2.75, 3.05) is 17.2 Å². The first kappa shape index (κ1) is 17.1. The summed E-state index contributed by atoms with van der Waals surface area (Å²) in [5.74, 6) is 0.641. The number of fused-ring (bicyclic) bond motifs is 1. The number of para-hydroxylation sites is 2. The van der Waals surface area contributed by atoms with Crippen LogP contribution in [-0.2, 0) is 0 Å². The number of aromatic nitrogens is 2. The van der Waals surface area contributed by atoms with E-state index in [0.717, 1.165) is 16.2 Å². The van der Waals surface area contributed by atoms with Crippen molar-refractivity contribution in [3.63, 3.8) is 0 Å². The zero-order valence-corrected chi connectivity index (χ0v) is 15.5. The van der Waals surface area contributed by atoms with Gasteiger partial charge in [0.1, 0.15) is 5.75 Å². The molecule has 2 heterocycles. The molecule has 4 aromatic rings. The van der Waals surface area contributed by atoms with Crippen molar-refractivity contribution in [1.29, 1.82) is 0 Å². The van der Waals surface area contributed by atoms with E-state index in [0.29, 0.717) is 23.7 Å². The Morgan fingerprint density at radius 2 is 2.07 bits per heavy atom. The predicted molar refractivity (Wildman–Crippen MR) is 109 cm³/mol. The number of nitrogens with zero attached hydrogens (tertiary/aromatic N) is 2. The van der Waals surface area contributed by atoms with Crippen LogP contribution >= 0.6 is 11.3 Å². The van der Waals surface area contributed by atoms with E-state index in [2.05, 4.69) is 15.6 Å². The Kier molecular flexibility index (Phi) is 4.76. The second kappa shape index (κ2) is 7.51. The molecule has 6 nitrogen and oxygen atoms in total. The van der Waals surface area contributed by atoms with Crippen molar-refractivity contribution in [3.05, 3.63) is 66.3 Å². The first-order chi connectivity index (χ1) is 13.2. The third-order valence-electron chi connectivity index (χ3n) is 3.94. The molecule has 2 aromatic heterocycles. The topological polar surface area (TPSA) is 67.7 Å². The van der Waals surface area contributed by atoms with Crippen LogP contribution in [0.3, 0.4) is 0 Å². The molecule has 2 amide bonds. The fourth-order valence-corrected chi connectivity index (χ4v) is 3.46. The molecule has 0 unspecified atom stereocenters. The molecule has 0 aliphatic heterocycles. The molecule has 27 heavy (non-hydrogen) atoms. The molecular weight excluding hydrogens is 360 g/mol. The van der Waals surface area contributed by atoms with E-state index in [9.17, 15) is 4.79 Å². The Hall–Kier alpha value is -3.32. The predicted octanol–water partition coefficient (Wildman–Crippen LogP) is 5.11. The largest absolute Gasteiger partial charge is 0.492 e. The number of imidazole rings is 1. The van der Waals surface area contributed by atoms with E-state index in [1.807, 2.05) is 71.6 Å². The summed E-state index contributed by atoms with van der Waals surface area (Å²) in [6.45, 7) is 2.44. The lowest BCUT2D eigenvalue weighted by Crippen LogP contribution is -2.19. The maximum atomic E-state index is 12.4. The molecule has 0 saturated carbocycles. The average molecular weight is 378 g/mol. The van der Waals surface area contributed by atoms with Crippen molar-refractivity contribution in [2.45, 2.75) is 6.92 Å². The van der Waals surface area contributed by atoms with Crippen molar-refractivity contribution in [3.8, 4) is 17.0 Å². The smallest absolute Gasteiger partial charge is 0.323 e. The van der Waals surface area contributed by atoms with Crippen LogP contribution in [0.15, 0.2) is 66.3 Å². The Bertz CT molecular complexity index is 1060. The van der Waals surface area contributed by atoms with Crippen LogP contribution in [0.1, 0.15) is 6.92 Å². The number of hydrogen-bond donors (Lipinski definition) is 2. The minimum absolute atomic E-state index is 0.329. The summed E-state index contributed by atoms with van der Waals surface area (Å²) in [6.07, 6.45) is 3.95. The highest BCUT2D eigenvalue weighted by atomic mass is 32.1. The van der Waals surface area contributed by atoms with Gasteiger partial charge in [-0.3, -0.25) is 4.40 Å². The first-order valence-electron chi connectivity index (χ1n) is 8.55. The lowest BCUT2D eigenvalue weighted by molar-refractivity contribution is 0.262. The fraction of sp³-hybridized carbons (Fsp3) is 0.100. The van der Waals surface area contributed by atoms with E-state index in [1.165, 1.54) is 0 Å².